The van der Waals surface area contributed by atoms with Crippen molar-refractivity contribution < 1.29 is 9.15 Å². The summed E-state index contributed by atoms with van der Waals surface area (Å²) in [7, 11) is 1.62. The zero-order valence-electron chi connectivity index (χ0n) is 12.5. The Kier molecular flexibility index (Phi) is 4.97. The van der Waals surface area contributed by atoms with Crippen LogP contribution in [0.2, 0.25) is 0 Å². The van der Waals surface area contributed by atoms with Crippen LogP contribution in [0.3, 0.4) is 0 Å². The third-order valence-corrected chi connectivity index (χ3v) is 3.72. The maximum absolute atomic E-state index is 5.66. The smallest absolute Gasteiger partial charge is 0.277 e. The van der Waals surface area contributed by atoms with Crippen molar-refractivity contribution in [3.05, 3.63) is 60.2 Å². The van der Waals surface area contributed by atoms with Crippen LogP contribution in [0.1, 0.15) is 5.56 Å². The molecule has 3 aromatic rings. The lowest BCUT2D eigenvalue weighted by molar-refractivity contribution is 0.411. The van der Waals surface area contributed by atoms with Gasteiger partial charge in [0.2, 0.25) is 0 Å². The lowest BCUT2D eigenvalue weighted by atomic mass is 10.2. The Bertz CT molecular complexity index is 835. The molecule has 0 unspecified atom stereocenters. The van der Waals surface area contributed by atoms with Crippen LogP contribution < -0.4 is 4.74 Å². The number of thioether (sulfide) groups is 1. The molecule has 0 saturated heterocycles. The molecule has 0 amide bonds. The molecule has 5 heteroatoms. The zero-order valence-corrected chi connectivity index (χ0v) is 13.3. The van der Waals surface area contributed by atoms with E-state index in [1.165, 1.54) is 11.8 Å². The summed E-state index contributed by atoms with van der Waals surface area (Å²) in [6, 6.07) is 17.4. The van der Waals surface area contributed by atoms with Crippen molar-refractivity contribution >= 4 is 11.8 Å². The number of para-hydroxylation sites is 1. The van der Waals surface area contributed by atoms with E-state index in [-0.39, 0.29) is 0 Å². The fourth-order valence-electron chi connectivity index (χ4n) is 1.96. The number of ether oxygens (including phenoxy) is 1. The van der Waals surface area contributed by atoms with Crippen molar-refractivity contribution in [1.82, 2.24) is 10.2 Å². The van der Waals surface area contributed by atoms with E-state index in [1.54, 1.807) is 7.11 Å². The van der Waals surface area contributed by atoms with Gasteiger partial charge in [-0.15, -0.1) is 10.2 Å². The van der Waals surface area contributed by atoms with Gasteiger partial charge in [-0.1, -0.05) is 53.9 Å². The van der Waals surface area contributed by atoms with Gasteiger partial charge < -0.3 is 9.15 Å². The van der Waals surface area contributed by atoms with Crippen LogP contribution in [-0.2, 0) is 0 Å². The average Bonchev–Trinajstić information content (AvgIpc) is 3.08. The summed E-state index contributed by atoms with van der Waals surface area (Å²) in [6.45, 7) is 0. The van der Waals surface area contributed by atoms with Crippen LogP contribution in [0.25, 0.3) is 11.5 Å². The topological polar surface area (TPSA) is 48.2 Å². The molecule has 1 aromatic heterocycles. The molecule has 2 aromatic carbocycles. The van der Waals surface area contributed by atoms with Crippen LogP contribution in [0.4, 0.5) is 0 Å². The van der Waals surface area contributed by atoms with Crippen molar-refractivity contribution in [1.29, 1.82) is 0 Å². The second-order valence-corrected chi connectivity index (χ2v) is 5.46. The summed E-state index contributed by atoms with van der Waals surface area (Å²) >= 11 is 1.41. The molecular weight excluding hydrogens is 308 g/mol. The second-order valence-electron chi connectivity index (χ2n) is 4.53. The summed E-state index contributed by atoms with van der Waals surface area (Å²) in [5, 5.41) is 8.60. The van der Waals surface area contributed by atoms with Gasteiger partial charge in [0.05, 0.1) is 18.4 Å². The average molecular weight is 322 g/mol. The van der Waals surface area contributed by atoms with E-state index in [9.17, 15) is 0 Å². The number of benzene rings is 2. The maximum Gasteiger partial charge on any atom is 0.277 e. The summed E-state index contributed by atoms with van der Waals surface area (Å²) in [4.78, 5) is 0. The molecule has 23 heavy (non-hydrogen) atoms. The van der Waals surface area contributed by atoms with Gasteiger partial charge in [0.15, 0.2) is 0 Å². The van der Waals surface area contributed by atoms with Gasteiger partial charge >= 0.3 is 0 Å². The molecule has 0 aliphatic rings. The quantitative estimate of drug-likeness (QED) is 0.539. The molecule has 3 rings (SSSR count). The Morgan fingerprint density at radius 1 is 1.04 bits per heavy atom. The van der Waals surface area contributed by atoms with Crippen molar-refractivity contribution in [2.24, 2.45) is 0 Å². The first kappa shape index (κ1) is 15.2. The predicted molar refractivity (Wildman–Crippen MR) is 90.3 cm³/mol. The maximum atomic E-state index is 5.66. The summed E-state index contributed by atoms with van der Waals surface area (Å²) in [5.74, 6) is 7.91. The lowest BCUT2D eigenvalue weighted by Gasteiger charge is -2.02. The van der Waals surface area contributed by atoms with E-state index in [0.717, 1.165) is 11.1 Å². The van der Waals surface area contributed by atoms with Gasteiger partial charge in [-0.25, -0.2) is 0 Å². The molecule has 0 aliphatic heterocycles. The number of hydrogen-bond acceptors (Lipinski definition) is 5. The normalized spacial score (nSPS) is 9.96. The highest BCUT2D eigenvalue weighted by molar-refractivity contribution is 7.99. The first-order valence-electron chi connectivity index (χ1n) is 7.00. The first-order chi connectivity index (χ1) is 11.4. The molecule has 0 N–H and O–H groups in total. The minimum absolute atomic E-state index is 0.445. The highest BCUT2D eigenvalue weighted by Crippen LogP contribution is 2.30. The Hall–Kier alpha value is -2.71. The Balaban J connectivity index is 1.65. The summed E-state index contributed by atoms with van der Waals surface area (Å²) in [6.07, 6.45) is 0. The van der Waals surface area contributed by atoms with Gasteiger partial charge in [-0.2, -0.15) is 0 Å². The largest absolute Gasteiger partial charge is 0.496 e. The number of aromatic nitrogens is 2. The van der Waals surface area contributed by atoms with Crippen molar-refractivity contribution in [3.8, 4) is 29.0 Å². The molecule has 0 radical (unpaired) electrons. The molecule has 0 bridgehead atoms. The third-order valence-electron chi connectivity index (χ3n) is 3.02. The fraction of sp³-hybridized carbons (Fsp3) is 0.111. The van der Waals surface area contributed by atoms with Crippen molar-refractivity contribution in [3.63, 3.8) is 0 Å². The van der Waals surface area contributed by atoms with Crippen LogP contribution in [0.5, 0.6) is 5.75 Å². The van der Waals surface area contributed by atoms with Crippen LogP contribution in [0, 0.1) is 11.8 Å². The number of hydrogen-bond donors (Lipinski definition) is 0. The van der Waals surface area contributed by atoms with Gasteiger partial charge in [0, 0.05) is 5.56 Å². The summed E-state index contributed by atoms with van der Waals surface area (Å²) < 4.78 is 11.0. The van der Waals surface area contributed by atoms with Gasteiger partial charge in [-0.3, -0.25) is 0 Å². The SMILES string of the molecule is COc1ccccc1-c1nnc(SCC#Cc2ccccc2)o1. The minimum Gasteiger partial charge on any atom is -0.496 e. The second kappa shape index (κ2) is 7.52. The minimum atomic E-state index is 0.445. The van der Waals surface area contributed by atoms with E-state index < -0.39 is 0 Å². The van der Waals surface area contributed by atoms with Crippen LogP contribution >= 0.6 is 11.8 Å². The van der Waals surface area contributed by atoms with Crippen molar-refractivity contribution in [2.45, 2.75) is 5.22 Å². The van der Waals surface area contributed by atoms with E-state index >= 15 is 0 Å². The molecule has 0 spiro atoms. The molecule has 0 fully saturated rings. The highest BCUT2D eigenvalue weighted by atomic mass is 32.2. The molecular formula is C18H14N2O2S. The third kappa shape index (κ3) is 3.93. The molecule has 114 valence electrons. The Morgan fingerprint density at radius 2 is 1.83 bits per heavy atom. The Labute approximate surface area is 138 Å². The molecule has 0 saturated carbocycles. The molecule has 4 nitrogen and oxygen atoms in total. The number of nitrogens with zero attached hydrogens (tertiary/aromatic N) is 2. The van der Waals surface area contributed by atoms with Gasteiger partial charge in [0.1, 0.15) is 5.75 Å². The first-order valence-corrected chi connectivity index (χ1v) is 7.99. The highest BCUT2D eigenvalue weighted by Gasteiger charge is 2.12. The van der Waals surface area contributed by atoms with E-state index in [0.29, 0.717) is 22.6 Å². The predicted octanol–water partition coefficient (Wildman–Crippen LogP) is 3.89. The zero-order chi connectivity index (χ0) is 15.9. The summed E-state index contributed by atoms with van der Waals surface area (Å²) in [5.41, 5.74) is 1.78. The number of rotatable bonds is 4. The van der Waals surface area contributed by atoms with Gasteiger partial charge in [0.25, 0.3) is 11.1 Å². The molecule has 0 atom stereocenters. The standard InChI is InChI=1S/C18H14N2O2S/c1-21-16-12-6-5-11-15(16)17-19-20-18(22-17)23-13-7-10-14-8-3-2-4-9-14/h2-6,8-9,11-12H,13H2,1H3. The van der Waals surface area contributed by atoms with Crippen LogP contribution in [-0.4, -0.2) is 23.1 Å². The van der Waals surface area contributed by atoms with E-state index in [1.807, 2.05) is 54.6 Å². The van der Waals surface area contributed by atoms with Gasteiger partial charge in [-0.05, 0) is 24.3 Å². The molecule has 0 aliphatic carbocycles. The van der Waals surface area contributed by atoms with E-state index in [4.69, 9.17) is 9.15 Å². The fourth-order valence-corrected chi connectivity index (χ4v) is 2.46. The Morgan fingerprint density at radius 3 is 2.65 bits per heavy atom. The molecule has 1 heterocycles. The van der Waals surface area contributed by atoms with Crippen molar-refractivity contribution in [2.75, 3.05) is 12.9 Å². The number of methoxy groups -OCH3 is 1. The monoisotopic (exact) mass is 322 g/mol. The van der Waals surface area contributed by atoms with E-state index in [2.05, 4.69) is 22.0 Å². The van der Waals surface area contributed by atoms with Crippen LogP contribution in [0.15, 0.2) is 64.2 Å². The lowest BCUT2D eigenvalue weighted by Crippen LogP contribution is -1.87.